The Bertz CT molecular complexity index is 661. The van der Waals surface area contributed by atoms with Crippen molar-refractivity contribution >= 4 is 17.4 Å². The summed E-state index contributed by atoms with van der Waals surface area (Å²) in [7, 11) is 0. The zero-order valence-electron chi connectivity index (χ0n) is 13.9. The molecule has 22 heavy (non-hydrogen) atoms. The van der Waals surface area contributed by atoms with Crippen LogP contribution in [0.2, 0.25) is 0 Å². The van der Waals surface area contributed by atoms with Gasteiger partial charge in [0.05, 0.1) is 0 Å². The van der Waals surface area contributed by atoms with E-state index in [9.17, 15) is 4.79 Å². The lowest BCUT2D eigenvalue weighted by Gasteiger charge is -2.06. The molecular formula is C21H24O. The minimum absolute atomic E-state index is 0.0830. The van der Waals surface area contributed by atoms with Gasteiger partial charge in [0.1, 0.15) is 0 Å². The van der Waals surface area contributed by atoms with Crippen LogP contribution in [0.25, 0.3) is 11.6 Å². The molecule has 0 amide bonds. The molecule has 0 atom stereocenters. The molecule has 0 aromatic heterocycles. The van der Waals surface area contributed by atoms with Gasteiger partial charge in [-0.05, 0) is 42.2 Å². The molecule has 2 aromatic carbocycles. The fraction of sp³-hybridized carbons (Fsp3) is 0.190. The van der Waals surface area contributed by atoms with Crippen molar-refractivity contribution in [2.45, 2.75) is 27.7 Å². The first-order valence-corrected chi connectivity index (χ1v) is 7.63. The van der Waals surface area contributed by atoms with E-state index in [2.05, 4.69) is 31.7 Å². The molecule has 0 aliphatic heterocycles. The summed E-state index contributed by atoms with van der Waals surface area (Å²) in [5.74, 6) is 0.0830. The Morgan fingerprint density at radius 1 is 0.955 bits per heavy atom. The molecule has 0 fully saturated rings. The second kappa shape index (κ2) is 8.78. The van der Waals surface area contributed by atoms with E-state index in [0.29, 0.717) is 0 Å². The van der Waals surface area contributed by atoms with E-state index in [4.69, 9.17) is 0 Å². The fourth-order valence-electron chi connectivity index (χ4n) is 2.07. The first kappa shape index (κ1) is 17.6. The molecule has 0 N–H and O–H groups in total. The number of Topliss-reactive ketones (excluding diaryl/α,β-unsaturated/α-hetero) is 1. The van der Waals surface area contributed by atoms with Gasteiger partial charge in [0.15, 0.2) is 5.78 Å². The predicted molar refractivity (Wildman–Crippen MR) is 97.0 cm³/mol. The van der Waals surface area contributed by atoms with Gasteiger partial charge < -0.3 is 0 Å². The molecule has 0 aliphatic rings. The van der Waals surface area contributed by atoms with Crippen molar-refractivity contribution in [2.24, 2.45) is 0 Å². The topological polar surface area (TPSA) is 17.1 Å². The fourth-order valence-corrected chi connectivity index (χ4v) is 2.07. The summed E-state index contributed by atoms with van der Waals surface area (Å²) < 4.78 is 0. The first-order chi connectivity index (χ1) is 10.6. The Morgan fingerprint density at radius 2 is 1.50 bits per heavy atom. The molecule has 1 heteroatoms. The van der Waals surface area contributed by atoms with Crippen LogP contribution in [0.4, 0.5) is 0 Å². The Kier molecular flexibility index (Phi) is 7.04. The van der Waals surface area contributed by atoms with E-state index in [0.717, 1.165) is 16.7 Å². The zero-order valence-corrected chi connectivity index (χ0v) is 13.9. The average molecular weight is 292 g/mol. The maximum atomic E-state index is 11.3. The highest BCUT2D eigenvalue weighted by Gasteiger charge is 2.02. The van der Waals surface area contributed by atoms with E-state index < -0.39 is 0 Å². The van der Waals surface area contributed by atoms with Gasteiger partial charge in [-0.15, -0.1) is 0 Å². The smallest absolute Gasteiger partial charge is 0.159 e. The second-order valence-corrected chi connectivity index (χ2v) is 4.79. The molecule has 1 nitrogen and oxygen atoms in total. The van der Waals surface area contributed by atoms with Crippen molar-refractivity contribution in [1.29, 1.82) is 0 Å². The van der Waals surface area contributed by atoms with Gasteiger partial charge in [-0.1, -0.05) is 75.0 Å². The number of rotatable bonds is 4. The summed E-state index contributed by atoms with van der Waals surface area (Å²) in [5, 5.41) is 0. The summed E-state index contributed by atoms with van der Waals surface area (Å²) in [6, 6.07) is 15.9. The van der Waals surface area contributed by atoms with Gasteiger partial charge in [-0.2, -0.15) is 0 Å². The Hall–Kier alpha value is -2.41. The minimum Gasteiger partial charge on any atom is -0.295 e. The molecule has 2 rings (SSSR count). The van der Waals surface area contributed by atoms with Crippen molar-refractivity contribution in [3.8, 4) is 0 Å². The lowest BCUT2D eigenvalue weighted by atomic mass is 9.99. The Morgan fingerprint density at radius 3 is 2.00 bits per heavy atom. The zero-order chi connectivity index (χ0) is 16.5. The maximum Gasteiger partial charge on any atom is 0.159 e. The molecule has 0 radical (unpaired) electrons. The second-order valence-electron chi connectivity index (χ2n) is 4.79. The van der Waals surface area contributed by atoms with Crippen LogP contribution in [-0.4, -0.2) is 5.78 Å². The number of hydrogen-bond donors (Lipinski definition) is 0. The maximum absolute atomic E-state index is 11.3. The molecule has 0 saturated heterocycles. The summed E-state index contributed by atoms with van der Waals surface area (Å²) in [4.78, 5) is 11.3. The number of carbonyl (C=O) groups is 1. The third-order valence-corrected chi connectivity index (χ3v) is 3.34. The third kappa shape index (κ3) is 4.56. The molecule has 0 spiro atoms. The number of allylic oxidation sites excluding steroid dienone is 2. The summed E-state index contributed by atoms with van der Waals surface area (Å²) in [5.41, 5.74) is 5.25. The molecule has 114 valence electrons. The number of carbonyl (C=O) groups excluding carboxylic acids is 1. The van der Waals surface area contributed by atoms with E-state index in [-0.39, 0.29) is 5.78 Å². The summed E-state index contributed by atoms with van der Waals surface area (Å²) in [6.45, 7) is 11.6. The monoisotopic (exact) mass is 292 g/mol. The molecule has 2 aromatic rings. The van der Waals surface area contributed by atoms with E-state index in [1.165, 1.54) is 11.1 Å². The Balaban J connectivity index is 0.00000116. The first-order valence-electron chi connectivity index (χ1n) is 7.63. The molecule has 0 heterocycles. The normalized spacial score (nSPS) is 10.5. The van der Waals surface area contributed by atoms with Crippen LogP contribution in [0.15, 0.2) is 61.2 Å². The van der Waals surface area contributed by atoms with Gasteiger partial charge in [-0.3, -0.25) is 4.79 Å². The van der Waals surface area contributed by atoms with E-state index in [1.54, 1.807) is 6.92 Å². The van der Waals surface area contributed by atoms with Gasteiger partial charge in [-0.25, -0.2) is 0 Å². The largest absolute Gasteiger partial charge is 0.295 e. The molecular weight excluding hydrogens is 268 g/mol. The number of benzene rings is 2. The van der Waals surface area contributed by atoms with Gasteiger partial charge in [0, 0.05) is 5.56 Å². The van der Waals surface area contributed by atoms with Crippen LogP contribution >= 0.6 is 0 Å². The minimum atomic E-state index is 0.0830. The number of ketones is 1. The Labute approximate surface area is 134 Å². The quantitative estimate of drug-likeness (QED) is 0.386. The molecule has 0 bridgehead atoms. The highest BCUT2D eigenvalue weighted by atomic mass is 16.1. The molecule has 0 aliphatic carbocycles. The van der Waals surface area contributed by atoms with Crippen LogP contribution < -0.4 is 0 Å². The molecule has 0 saturated carbocycles. The van der Waals surface area contributed by atoms with Gasteiger partial charge >= 0.3 is 0 Å². The van der Waals surface area contributed by atoms with Crippen LogP contribution in [0.5, 0.6) is 0 Å². The highest BCUT2D eigenvalue weighted by molar-refractivity contribution is 5.95. The van der Waals surface area contributed by atoms with Crippen LogP contribution in [-0.2, 0) is 0 Å². The standard InChI is InChI=1S/C19H18O.C2H6/c1-4-16(13-19-8-6-5-7-14(19)2)18-11-9-17(10-12-18)15(3)20;1-2/h4-13H,1H2,2-3H3;1-2H3/b16-13+;. The summed E-state index contributed by atoms with van der Waals surface area (Å²) >= 11 is 0. The van der Waals surface area contributed by atoms with Crippen molar-refractivity contribution in [3.05, 3.63) is 83.4 Å². The van der Waals surface area contributed by atoms with Crippen molar-refractivity contribution in [2.75, 3.05) is 0 Å². The van der Waals surface area contributed by atoms with E-state index >= 15 is 0 Å². The van der Waals surface area contributed by atoms with Crippen LogP contribution in [0.1, 0.15) is 47.8 Å². The van der Waals surface area contributed by atoms with Gasteiger partial charge in [0.2, 0.25) is 0 Å². The highest BCUT2D eigenvalue weighted by Crippen LogP contribution is 2.21. The van der Waals surface area contributed by atoms with Crippen molar-refractivity contribution < 1.29 is 4.79 Å². The lowest BCUT2D eigenvalue weighted by Crippen LogP contribution is -1.92. The molecule has 0 unspecified atom stereocenters. The van der Waals surface area contributed by atoms with Crippen LogP contribution in [0.3, 0.4) is 0 Å². The average Bonchev–Trinajstić information content (AvgIpc) is 2.56. The predicted octanol–water partition coefficient (Wildman–Crippen LogP) is 5.95. The number of hydrogen-bond acceptors (Lipinski definition) is 1. The van der Waals surface area contributed by atoms with Crippen molar-refractivity contribution in [1.82, 2.24) is 0 Å². The summed E-state index contributed by atoms with van der Waals surface area (Å²) in [6.07, 6.45) is 3.96. The van der Waals surface area contributed by atoms with Crippen molar-refractivity contribution in [3.63, 3.8) is 0 Å². The SMILES string of the molecule is C=C/C(=C\c1ccccc1C)c1ccc(C(C)=O)cc1.CC. The van der Waals surface area contributed by atoms with E-state index in [1.807, 2.05) is 56.3 Å². The van der Waals surface area contributed by atoms with Gasteiger partial charge in [0.25, 0.3) is 0 Å². The lowest BCUT2D eigenvalue weighted by molar-refractivity contribution is 0.101. The third-order valence-electron chi connectivity index (χ3n) is 3.34. The number of aryl methyl sites for hydroxylation is 1. The van der Waals surface area contributed by atoms with Crippen LogP contribution in [0, 0.1) is 6.92 Å².